The van der Waals surface area contributed by atoms with Gasteiger partial charge in [-0.1, -0.05) is 42.5 Å². The fourth-order valence-electron chi connectivity index (χ4n) is 3.90. The zero-order chi connectivity index (χ0) is 18.2. The molecular formula is C22H22N4O. The van der Waals surface area contributed by atoms with E-state index in [1.54, 1.807) is 0 Å². The third-order valence-electron chi connectivity index (χ3n) is 5.59. The number of aromatic nitrogens is 1. The summed E-state index contributed by atoms with van der Waals surface area (Å²) in [6.45, 7) is 4.57. The summed E-state index contributed by atoms with van der Waals surface area (Å²) in [7, 11) is 0. The normalized spacial score (nSPS) is 18.0. The second-order valence-corrected chi connectivity index (χ2v) is 7.49. The first-order chi connectivity index (χ1) is 13.3. The fourth-order valence-corrected chi connectivity index (χ4v) is 3.90. The molecule has 0 spiro atoms. The van der Waals surface area contributed by atoms with Gasteiger partial charge in [-0.25, -0.2) is 4.98 Å². The summed E-state index contributed by atoms with van der Waals surface area (Å²) in [6.07, 6.45) is 2.26. The minimum absolute atomic E-state index is 0.429. The zero-order valence-electron chi connectivity index (χ0n) is 15.3. The van der Waals surface area contributed by atoms with Crippen LogP contribution in [0.3, 0.4) is 0 Å². The Morgan fingerprint density at radius 1 is 1.04 bits per heavy atom. The number of anilines is 1. The molecule has 0 N–H and O–H groups in total. The fraction of sp³-hybridized carbons (Fsp3) is 0.364. The number of hydrogen-bond acceptors (Lipinski definition) is 5. The molecule has 2 aromatic carbocycles. The molecule has 0 bridgehead atoms. The Bertz CT molecular complexity index is 1000. The van der Waals surface area contributed by atoms with Crippen LogP contribution < -0.4 is 4.90 Å². The third-order valence-corrected chi connectivity index (χ3v) is 5.59. The molecule has 0 amide bonds. The standard InChI is InChI=1S/C22H22N4O/c23-14-20-22(27-21(24-20)17-8-9-17)26-12-10-25(11-13-26)15-18-6-3-5-16-4-1-2-7-19(16)18/h1-7,17H,8-13,15H2. The highest BCUT2D eigenvalue weighted by Gasteiger charge is 2.32. The lowest BCUT2D eigenvalue weighted by atomic mass is 10.0. The van der Waals surface area contributed by atoms with Crippen molar-refractivity contribution in [2.75, 3.05) is 31.1 Å². The van der Waals surface area contributed by atoms with Crippen molar-refractivity contribution in [1.82, 2.24) is 9.88 Å². The summed E-state index contributed by atoms with van der Waals surface area (Å²) >= 11 is 0. The molecule has 0 atom stereocenters. The first kappa shape index (κ1) is 16.3. The van der Waals surface area contributed by atoms with Crippen molar-refractivity contribution in [1.29, 1.82) is 5.26 Å². The monoisotopic (exact) mass is 358 g/mol. The Morgan fingerprint density at radius 3 is 2.59 bits per heavy atom. The van der Waals surface area contributed by atoms with Crippen molar-refractivity contribution in [2.24, 2.45) is 0 Å². The number of rotatable bonds is 4. The summed E-state index contributed by atoms with van der Waals surface area (Å²) in [5.74, 6) is 1.85. The van der Waals surface area contributed by atoms with Crippen LogP contribution in [0.2, 0.25) is 0 Å². The summed E-state index contributed by atoms with van der Waals surface area (Å²) in [6, 6.07) is 17.3. The molecule has 1 aliphatic heterocycles. The molecule has 1 aromatic heterocycles. The van der Waals surface area contributed by atoms with E-state index in [0.717, 1.165) is 51.5 Å². The Morgan fingerprint density at radius 2 is 1.81 bits per heavy atom. The largest absolute Gasteiger partial charge is 0.423 e. The van der Waals surface area contributed by atoms with Gasteiger partial charge in [0.05, 0.1) is 0 Å². The number of fused-ring (bicyclic) bond motifs is 1. The van der Waals surface area contributed by atoms with Gasteiger partial charge in [-0.05, 0) is 29.2 Å². The van der Waals surface area contributed by atoms with Crippen LogP contribution in [0, 0.1) is 11.3 Å². The average molecular weight is 358 g/mol. The van der Waals surface area contributed by atoms with E-state index in [0.29, 0.717) is 17.5 Å². The van der Waals surface area contributed by atoms with Crippen molar-refractivity contribution in [3.63, 3.8) is 0 Å². The summed E-state index contributed by atoms with van der Waals surface area (Å²) in [5.41, 5.74) is 1.81. The Hall–Kier alpha value is -2.84. The third kappa shape index (κ3) is 3.17. The van der Waals surface area contributed by atoms with Gasteiger partial charge in [0.15, 0.2) is 0 Å². The number of nitriles is 1. The smallest absolute Gasteiger partial charge is 0.234 e. The molecule has 0 unspecified atom stereocenters. The lowest BCUT2D eigenvalue weighted by molar-refractivity contribution is 0.246. The van der Waals surface area contributed by atoms with Gasteiger partial charge in [-0.3, -0.25) is 4.90 Å². The van der Waals surface area contributed by atoms with Crippen LogP contribution in [0.15, 0.2) is 46.9 Å². The molecule has 5 nitrogen and oxygen atoms in total. The molecule has 5 rings (SSSR count). The van der Waals surface area contributed by atoms with Gasteiger partial charge in [-0.2, -0.15) is 5.26 Å². The lowest BCUT2D eigenvalue weighted by Crippen LogP contribution is -2.46. The summed E-state index contributed by atoms with van der Waals surface area (Å²) in [5, 5.41) is 12.0. The molecule has 1 saturated carbocycles. The van der Waals surface area contributed by atoms with Crippen LogP contribution in [-0.4, -0.2) is 36.1 Å². The van der Waals surface area contributed by atoms with Gasteiger partial charge in [0.25, 0.3) is 0 Å². The molecule has 136 valence electrons. The van der Waals surface area contributed by atoms with Gasteiger partial charge in [0.1, 0.15) is 6.07 Å². The maximum Gasteiger partial charge on any atom is 0.234 e. The highest BCUT2D eigenvalue weighted by molar-refractivity contribution is 5.85. The van der Waals surface area contributed by atoms with E-state index in [4.69, 9.17) is 4.42 Å². The molecule has 1 aliphatic carbocycles. The van der Waals surface area contributed by atoms with E-state index >= 15 is 0 Å². The molecule has 3 aromatic rings. The van der Waals surface area contributed by atoms with Gasteiger partial charge in [0.2, 0.25) is 17.5 Å². The van der Waals surface area contributed by atoms with E-state index in [9.17, 15) is 5.26 Å². The molecular weight excluding hydrogens is 336 g/mol. The molecule has 1 saturated heterocycles. The van der Waals surface area contributed by atoms with Gasteiger partial charge in [0, 0.05) is 38.6 Å². The topological polar surface area (TPSA) is 56.3 Å². The highest BCUT2D eigenvalue weighted by atomic mass is 16.4. The Balaban J connectivity index is 1.28. The van der Waals surface area contributed by atoms with Crippen molar-refractivity contribution < 1.29 is 4.42 Å². The van der Waals surface area contributed by atoms with Crippen LogP contribution in [0.25, 0.3) is 10.8 Å². The zero-order valence-corrected chi connectivity index (χ0v) is 15.3. The van der Waals surface area contributed by atoms with Crippen molar-refractivity contribution in [2.45, 2.75) is 25.3 Å². The lowest BCUT2D eigenvalue weighted by Gasteiger charge is -2.34. The van der Waals surface area contributed by atoms with Crippen LogP contribution in [-0.2, 0) is 6.54 Å². The molecule has 2 aliphatic rings. The molecule has 0 radical (unpaired) electrons. The molecule has 2 fully saturated rings. The summed E-state index contributed by atoms with van der Waals surface area (Å²) < 4.78 is 5.95. The van der Waals surface area contributed by atoms with E-state index < -0.39 is 0 Å². The SMILES string of the molecule is N#Cc1nc(C2CC2)oc1N1CCN(Cc2cccc3ccccc23)CC1. The predicted molar refractivity (Wildman–Crippen MR) is 105 cm³/mol. The van der Waals surface area contributed by atoms with E-state index in [-0.39, 0.29) is 0 Å². The average Bonchev–Trinajstić information content (AvgIpc) is 3.48. The maximum absolute atomic E-state index is 9.40. The highest BCUT2D eigenvalue weighted by Crippen LogP contribution is 2.41. The molecule has 27 heavy (non-hydrogen) atoms. The van der Waals surface area contributed by atoms with Crippen LogP contribution in [0.1, 0.15) is 35.9 Å². The number of benzene rings is 2. The van der Waals surface area contributed by atoms with Crippen LogP contribution in [0.5, 0.6) is 0 Å². The van der Waals surface area contributed by atoms with Gasteiger partial charge >= 0.3 is 0 Å². The minimum atomic E-state index is 0.429. The maximum atomic E-state index is 9.40. The van der Waals surface area contributed by atoms with Gasteiger partial charge in [-0.15, -0.1) is 0 Å². The van der Waals surface area contributed by atoms with Crippen LogP contribution >= 0.6 is 0 Å². The summed E-state index contributed by atoms with van der Waals surface area (Å²) in [4.78, 5) is 9.06. The van der Waals surface area contributed by atoms with Crippen LogP contribution in [0.4, 0.5) is 5.88 Å². The molecule has 5 heteroatoms. The van der Waals surface area contributed by atoms with E-state index in [1.807, 2.05) is 0 Å². The first-order valence-electron chi connectivity index (χ1n) is 9.66. The Kier molecular flexibility index (Phi) is 4.06. The number of nitrogens with zero attached hydrogens (tertiary/aromatic N) is 4. The van der Waals surface area contributed by atoms with E-state index in [1.165, 1.54) is 16.3 Å². The van der Waals surface area contributed by atoms with Crippen molar-refractivity contribution in [3.8, 4) is 6.07 Å². The second kappa shape index (κ2) is 6.71. The quantitative estimate of drug-likeness (QED) is 0.708. The van der Waals surface area contributed by atoms with Gasteiger partial charge < -0.3 is 9.32 Å². The predicted octanol–water partition coefficient (Wildman–Crippen LogP) is 3.90. The van der Waals surface area contributed by atoms with Crippen molar-refractivity contribution in [3.05, 3.63) is 59.6 Å². The molecule has 2 heterocycles. The number of hydrogen-bond donors (Lipinski definition) is 0. The van der Waals surface area contributed by atoms with Crippen molar-refractivity contribution >= 4 is 16.7 Å². The second-order valence-electron chi connectivity index (χ2n) is 7.49. The Labute approximate surface area is 158 Å². The minimum Gasteiger partial charge on any atom is -0.423 e. The van der Waals surface area contributed by atoms with E-state index in [2.05, 4.69) is 63.3 Å². The first-order valence-corrected chi connectivity index (χ1v) is 9.66. The number of piperazine rings is 1. The number of oxazole rings is 1.